The average Bonchev–Trinajstić information content (AvgIpc) is 3.16. The lowest BCUT2D eigenvalue weighted by Crippen LogP contribution is -2.40. The van der Waals surface area contributed by atoms with Crippen LogP contribution in [0.3, 0.4) is 0 Å². The summed E-state index contributed by atoms with van der Waals surface area (Å²) in [7, 11) is -2.45. The molecule has 2 heterocycles. The molecule has 11 heteroatoms. The van der Waals surface area contributed by atoms with Crippen LogP contribution in [-0.2, 0) is 24.3 Å². The Morgan fingerprint density at radius 2 is 1.97 bits per heavy atom. The van der Waals surface area contributed by atoms with Crippen molar-refractivity contribution in [3.8, 4) is 5.75 Å². The summed E-state index contributed by atoms with van der Waals surface area (Å²) in [6.45, 7) is 5.56. The maximum Gasteiger partial charge on any atom is 0.309 e. The molecule has 0 unspecified atom stereocenters. The summed E-state index contributed by atoms with van der Waals surface area (Å²) in [6.07, 6.45) is 4.07. The number of carbonyl (C=O) groups excluding carboxylic acids is 2. The SMILES string of the molecule is CCOC(=O)C1CCN(S(=O)(=O)c2cc(C=Cc3onc(C)c3NC(C)=O)ccc2OC)CC1. The van der Waals surface area contributed by atoms with Gasteiger partial charge in [-0.15, -0.1) is 0 Å². The Balaban J connectivity index is 1.84. The minimum atomic E-state index is -3.86. The summed E-state index contributed by atoms with van der Waals surface area (Å²) in [5, 5.41) is 6.53. The highest BCUT2D eigenvalue weighted by atomic mass is 32.2. The molecule has 1 amide bonds. The standard InChI is InChI=1S/C23H29N3O7S/c1-5-32-23(28)18-10-12-26(13-11-18)34(29,30)21-14-17(6-8-19(21)31-4)7-9-20-22(24-16(3)27)15(2)25-33-20/h6-9,14,18H,5,10-13H2,1-4H3,(H,24,27). The van der Waals surface area contributed by atoms with E-state index in [0.717, 1.165) is 0 Å². The number of amides is 1. The molecule has 0 atom stereocenters. The second-order valence-electron chi connectivity index (χ2n) is 7.86. The second kappa shape index (κ2) is 10.8. The Labute approximate surface area is 198 Å². The molecular formula is C23H29N3O7S. The predicted octanol–water partition coefficient (Wildman–Crippen LogP) is 3.08. The van der Waals surface area contributed by atoms with Crippen LogP contribution in [0.15, 0.2) is 27.6 Å². The van der Waals surface area contributed by atoms with E-state index in [1.165, 1.54) is 24.4 Å². The Hall–Kier alpha value is -3.18. The number of sulfonamides is 1. The van der Waals surface area contributed by atoms with E-state index in [-0.39, 0.29) is 41.5 Å². The van der Waals surface area contributed by atoms with Crippen molar-refractivity contribution in [1.82, 2.24) is 9.46 Å². The van der Waals surface area contributed by atoms with Crippen molar-refractivity contribution in [1.29, 1.82) is 0 Å². The summed E-state index contributed by atoms with van der Waals surface area (Å²) >= 11 is 0. The van der Waals surface area contributed by atoms with Gasteiger partial charge >= 0.3 is 5.97 Å². The van der Waals surface area contributed by atoms with E-state index in [4.69, 9.17) is 14.0 Å². The first-order chi connectivity index (χ1) is 16.2. The first-order valence-corrected chi connectivity index (χ1v) is 12.4. The van der Waals surface area contributed by atoms with Gasteiger partial charge in [-0.1, -0.05) is 17.3 Å². The monoisotopic (exact) mass is 491 g/mol. The molecule has 1 aliphatic heterocycles. The zero-order chi connectivity index (χ0) is 24.9. The van der Waals surface area contributed by atoms with E-state index < -0.39 is 10.0 Å². The van der Waals surface area contributed by atoms with E-state index in [9.17, 15) is 18.0 Å². The van der Waals surface area contributed by atoms with Gasteiger partial charge in [0.05, 0.1) is 19.6 Å². The van der Waals surface area contributed by atoms with E-state index in [0.29, 0.717) is 42.2 Å². The number of ether oxygens (including phenoxy) is 2. The molecule has 0 spiro atoms. The number of esters is 1. The number of aromatic nitrogens is 1. The molecule has 1 aromatic heterocycles. The van der Waals surface area contributed by atoms with Crippen molar-refractivity contribution in [3.63, 3.8) is 0 Å². The van der Waals surface area contributed by atoms with Gasteiger partial charge in [0.1, 0.15) is 22.0 Å². The topological polar surface area (TPSA) is 128 Å². The summed E-state index contributed by atoms with van der Waals surface area (Å²) in [6, 6.07) is 4.81. The van der Waals surface area contributed by atoms with Crippen molar-refractivity contribution in [2.24, 2.45) is 5.92 Å². The third kappa shape index (κ3) is 5.65. The first kappa shape index (κ1) is 25.4. The van der Waals surface area contributed by atoms with Crippen LogP contribution in [0.1, 0.15) is 43.7 Å². The van der Waals surface area contributed by atoms with E-state index in [2.05, 4.69) is 10.5 Å². The lowest BCUT2D eigenvalue weighted by molar-refractivity contribution is -0.149. The molecule has 3 rings (SSSR count). The van der Waals surface area contributed by atoms with Crippen LogP contribution in [0.2, 0.25) is 0 Å². The zero-order valence-electron chi connectivity index (χ0n) is 19.7. The largest absolute Gasteiger partial charge is 0.495 e. The average molecular weight is 492 g/mol. The van der Waals surface area contributed by atoms with Crippen molar-refractivity contribution < 1.29 is 32.0 Å². The number of nitrogens with zero attached hydrogens (tertiary/aromatic N) is 2. The molecule has 1 aromatic carbocycles. The number of benzene rings is 1. The van der Waals surface area contributed by atoms with Gasteiger partial charge in [0.2, 0.25) is 15.9 Å². The summed E-state index contributed by atoms with van der Waals surface area (Å²) in [5.41, 5.74) is 1.57. The lowest BCUT2D eigenvalue weighted by atomic mass is 9.98. The molecule has 1 fully saturated rings. The highest BCUT2D eigenvalue weighted by Crippen LogP contribution is 2.32. The molecule has 10 nitrogen and oxygen atoms in total. The zero-order valence-corrected chi connectivity index (χ0v) is 20.5. The Morgan fingerprint density at radius 1 is 1.26 bits per heavy atom. The van der Waals surface area contributed by atoms with Crippen molar-refractivity contribution >= 4 is 39.7 Å². The number of hydrogen-bond acceptors (Lipinski definition) is 8. The molecule has 184 valence electrons. The third-order valence-corrected chi connectivity index (χ3v) is 7.42. The summed E-state index contributed by atoms with van der Waals surface area (Å²) < 4.78 is 43.8. The van der Waals surface area contributed by atoms with Crippen LogP contribution < -0.4 is 10.1 Å². The van der Waals surface area contributed by atoms with Gasteiger partial charge in [-0.25, -0.2) is 8.42 Å². The van der Waals surface area contributed by atoms with Gasteiger partial charge in [0.15, 0.2) is 5.76 Å². The number of anilines is 1. The molecule has 0 radical (unpaired) electrons. The minimum absolute atomic E-state index is 0.0302. The van der Waals surface area contributed by atoms with E-state index >= 15 is 0 Å². The number of piperidine rings is 1. The fraction of sp³-hybridized carbons (Fsp3) is 0.435. The summed E-state index contributed by atoms with van der Waals surface area (Å²) in [5.74, 6) is -0.283. The number of carbonyl (C=O) groups is 2. The van der Waals surface area contributed by atoms with E-state index in [1.54, 1.807) is 38.1 Å². The van der Waals surface area contributed by atoms with Crippen molar-refractivity contribution in [2.45, 2.75) is 38.5 Å². The number of methoxy groups -OCH3 is 1. The fourth-order valence-electron chi connectivity index (χ4n) is 3.73. The maximum atomic E-state index is 13.4. The Kier molecular flexibility index (Phi) is 8.11. The molecule has 1 aliphatic rings. The van der Waals surface area contributed by atoms with Gasteiger partial charge in [-0.2, -0.15) is 4.31 Å². The number of nitrogens with one attached hydrogen (secondary N) is 1. The van der Waals surface area contributed by atoms with E-state index in [1.807, 2.05) is 0 Å². The predicted molar refractivity (Wildman–Crippen MR) is 126 cm³/mol. The summed E-state index contributed by atoms with van der Waals surface area (Å²) in [4.78, 5) is 23.5. The van der Waals surface area contributed by atoms with Crippen LogP contribution in [-0.4, -0.2) is 56.6 Å². The van der Waals surface area contributed by atoms with Crippen LogP contribution >= 0.6 is 0 Å². The fourth-order valence-corrected chi connectivity index (χ4v) is 5.39. The number of rotatable bonds is 8. The number of aryl methyl sites for hydroxylation is 1. The maximum absolute atomic E-state index is 13.4. The second-order valence-corrected chi connectivity index (χ2v) is 9.77. The molecule has 0 bridgehead atoms. The highest BCUT2D eigenvalue weighted by molar-refractivity contribution is 7.89. The third-order valence-electron chi connectivity index (χ3n) is 5.50. The Morgan fingerprint density at radius 3 is 2.59 bits per heavy atom. The molecule has 0 aliphatic carbocycles. The molecule has 34 heavy (non-hydrogen) atoms. The van der Waals surface area contributed by atoms with Gasteiger partial charge in [0, 0.05) is 20.0 Å². The Bertz CT molecular complexity index is 1180. The molecule has 1 saturated heterocycles. The van der Waals surface area contributed by atoms with Gasteiger partial charge < -0.3 is 19.3 Å². The quantitative estimate of drug-likeness (QED) is 0.558. The lowest BCUT2D eigenvalue weighted by Gasteiger charge is -2.30. The molecular weight excluding hydrogens is 462 g/mol. The van der Waals surface area contributed by atoms with Gasteiger partial charge in [0.25, 0.3) is 0 Å². The molecule has 0 saturated carbocycles. The van der Waals surface area contributed by atoms with Gasteiger partial charge in [-0.3, -0.25) is 9.59 Å². The van der Waals surface area contributed by atoms with Gasteiger partial charge in [-0.05, 0) is 50.5 Å². The normalized spacial score (nSPS) is 15.4. The van der Waals surface area contributed by atoms with Crippen LogP contribution in [0.4, 0.5) is 5.69 Å². The molecule has 2 aromatic rings. The molecule has 1 N–H and O–H groups in total. The minimum Gasteiger partial charge on any atom is -0.495 e. The van der Waals surface area contributed by atoms with Crippen molar-refractivity contribution in [2.75, 3.05) is 32.1 Å². The van der Waals surface area contributed by atoms with Crippen molar-refractivity contribution in [3.05, 3.63) is 35.2 Å². The first-order valence-electron chi connectivity index (χ1n) is 10.9. The van der Waals surface area contributed by atoms with Crippen LogP contribution in [0.25, 0.3) is 12.2 Å². The highest BCUT2D eigenvalue weighted by Gasteiger charge is 2.34. The van der Waals surface area contributed by atoms with Crippen LogP contribution in [0.5, 0.6) is 5.75 Å². The van der Waals surface area contributed by atoms with Crippen LogP contribution in [0, 0.1) is 12.8 Å². The number of hydrogen-bond donors (Lipinski definition) is 1. The smallest absolute Gasteiger partial charge is 0.309 e.